The van der Waals surface area contributed by atoms with Gasteiger partial charge in [-0.25, -0.2) is 0 Å². The largest absolute Gasteiger partial charge is 0.493 e. The molecule has 0 aliphatic rings. The fraction of sp³-hybridized carbons (Fsp3) is 0.556. The summed E-state index contributed by atoms with van der Waals surface area (Å²) in [6, 6.07) is 5.66. The SMILES string of the molecule is CCC(CC)C(=O)NCC(=O)NCCc1ccc(OC)c(OC)c1. The number of ether oxygens (including phenoxy) is 2. The Bertz CT molecular complexity index is 542. The van der Waals surface area contributed by atoms with E-state index in [9.17, 15) is 9.59 Å². The number of benzene rings is 1. The van der Waals surface area contributed by atoms with Crippen LogP contribution in [0.3, 0.4) is 0 Å². The Morgan fingerprint density at radius 2 is 1.71 bits per heavy atom. The fourth-order valence-corrected chi connectivity index (χ4v) is 2.42. The molecule has 134 valence electrons. The molecule has 1 aromatic carbocycles. The third kappa shape index (κ3) is 6.10. The molecule has 2 amide bonds. The minimum Gasteiger partial charge on any atom is -0.493 e. The zero-order valence-electron chi connectivity index (χ0n) is 15.0. The maximum absolute atomic E-state index is 11.8. The molecule has 0 radical (unpaired) electrons. The molecule has 0 unspecified atom stereocenters. The molecule has 0 spiro atoms. The van der Waals surface area contributed by atoms with Crippen LogP contribution in [0.4, 0.5) is 0 Å². The van der Waals surface area contributed by atoms with Crippen LogP contribution < -0.4 is 20.1 Å². The van der Waals surface area contributed by atoms with Crippen molar-refractivity contribution in [3.63, 3.8) is 0 Å². The minimum absolute atomic E-state index is 0.0151. The summed E-state index contributed by atoms with van der Waals surface area (Å²) in [5.74, 6) is 1.07. The second kappa shape index (κ2) is 10.5. The van der Waals surface area contributed by atoms with Crippen LogP contribution in [-0.2, 0) is 16.0 Å². The number of hydrogen-bond donors (Lipinski definition) is 2. The van der Waals surface area contributed by atoms with Gasteiger partial charge in [0.2, 0.25) is 11.8 Å². The summed E-state index contributed by atoms with van der Waals surface area (Å²) in [6.07, 6.45) is 2.24. The lowest BCUT2D eigenvalue weighted by atomic mass is 10.0. The van der Waals surface area contributed by atoms with Gasteiger partial charge in [0.05, 0.1) is 20.8 Å². The van der Waals surface area contributed by atoms with Crippen LogP contribution in [0.2, 0.25) is 0 Å². The maximum Gasteiger partial charge on any atom is 0.239 e. The van der Waals surface area contributed by atoms with E-state index in [1.54, 1.807) is 14.2 Å². The van der Waals surface area contributed by atoms with Crippen molar-refractivity contribution in [1.29, 1.82) is 0 Å². The number of carbonyl (C=O) groups is 2. The molecule has 24 heavy (non-hydrogen) atoms. The molecule has 2 N–H and O–H groups in total. The molecule has 1 rings (SSSR count). The zero-order valence-corrected chi connectivity index (χ0v) is 15.0. The summed E-state index contributed by atoms with van der Waals surface area (Å²) in [7, 11) is 3.18. The first kappa shape index (κ1) is 19.8. The third-order valence-electron chi connectivity index (χ3n) is 3.96. The standard InChI is InChI=1S/C18H28N2O4/c1-5-14(6-2)18(22)20-12-17(21)19-10-9-13-7-8-15(23-3)16(11-13)24-4/h7-8,11,14H,5-6,9-10,12H2,1-4H3,(H,19,21)(H,20,22). The molecular formula is C18H28N2O4. The van der Waals surface area contributed by atoms with Gasteiger partial charge in [0.1, 0.15) is 0 Å². The number of nitrogens with one attached hydrogen (secondary N) is 2. The van der Waals surface area contributed by atoms with E-state index < -0.39 is 0 Å². The minimum atomic E-state index is -0.185. The Morgan fingerprint density at radius 1 is 1.04 bits per heavy atom. The van der Waals surface area contributed by atoms with Gasteiger partial charge in [-0.2, -0.15) is 0 Å². The van der Waals surface area contributed by atoms with Gasteiger partial charge in [-0.1, -0.05) is 19.9 Å². The van der Waals surface area contributed by atoms with Crippen molar-refractivity contribution in [2.24, 2.45) is 5.92 Å². The number of methoxy groups -OCH3 is 2. The molecule has 1 aromatic rings. The fourth-order valence-electron chi connectivity index (χ4n) is 2.42. The highest BCUT2D eigenvalue weighted by molar-refractivity contribution is 5.85. The van der Waals surface area contributed by atoms with Crippen LogP contribution in [-0.4, -0.2) is 39.1 Å². The second-order valence-electron chi connectivity index (χ2n) is 5.52. The molecule has 6 nitrogen and oxygen atoms in total. The van der Waals surface area contributed by atoms with E-state index in [-0.39, 0.29) is 24.3 Å². The van der Waals surface area contributed by atoms with Gasteiger partial charge in [0, 0.05) is 12.5 Å². The highest BCUT2D eigenvalue weighted by atomic mass is 16.5. The maximum atomic E-state index is 11.8. The highest BCUT2D eigenvalue weighted by Gasteiger charge is 2.14. The Kier molecular flexibility index (Phi) is 8.68. The summed E-state index contributed by atoms with van der Waals surface area (Å²) >= 11 is 0. The molecule has 0 bridgehead atoms. The predicted octanol–water partition coefficient (Wildman–Crippen LogP) is 1.91. The third-order valence-corrected chi connectivity index (χ3v) is 3.96. The molecular weight excluding hydrogens is 308 g/mol. The molecule has 0 aromatic heterocycles. The van der Waals surface area contributed by atoms with Crippen LogP contribution in [0.15, 0.2) is 18.2 Å². The monoisotopic (exact) mass is 336 g/mol. The average Bonchev–Trinajstić information content (AvgIpc) is 2.60. The lowest BCUT2D eigenvalue weighted by molar-refractivity contribution is -0.128. The smallest absolute Gasteiger partial charge is 0.239 e. The van der Waals surface area contributed by atoms with Gasteiger partial charge < -0.3 is 20.1 Å². The summed E-state index contributed by atoms with van der Waals surface area (Å²) in [6.45, 7) is 4.45. The molecule has 0 saturated heterocycles. The molecule has 0 aliphatic carbocycles. The topological polar surface area (TPSA) is 76.7 Å². The van der Waals surface area contributed by atoms with Gasteiger partial charge >= 0.3 is 0 Å². The van der Waals surface area contributed by atoms with Crippen molar-refractivity contribution in [3.05, 3.63) is 23.8 Å². The molecule has 0 fully saturated rings. The highest BCUT2D eigenvalue weighted by Crippen LogP contribution is 2.27. The molecule has 0 atom stereocenters. The van der Waals surface area contributed by atoms with Crippen LogP contribution in [0.25, 0.3) is 0 Å². The quantitative estimate of drug-likeness (QED) is 0.684. The van der Waals surface area contributed by atoms with Gasteiger partial charge in [0.15, 0.2) is 11.5 Å². The lowest BCUT2D eigenvalue weighted by Gasteiger charge is -2.13. The van der Waals surface area contributed by atoms with Crippen LogP contribution >= 0.6 is 0 Å². The molecule has 0 heterocycles. The van der Waals surface area contributed by atoms with E-state index in [0.29, 0.717) is 24.5 Å². The van der Waals surface area contributed by atoms with Crippen molar-refractivity contribution >= 4 is 11.8 Å². The first-order valence-electron chi connectivity index (χ1n) is 8.30. The van der Waals surface area contributed by atoms with Gasteiger partial charge in [-0.15, -0.1) is 0 Å². The molecule has 0 saturated carbocycles. The van der Waals surface area contributed by atoms with E-state index in [2.05, 4.69) is 10.6 Å². The summed E-state index contributed by atoms with van der Waals surface area (Å²) in [4.78, 5) is 23.6. The van der Waals surface area contributed by atoms with Crippen molar-refractivity contribution in [2.45, 2.75) is 33.1 Å². The molecule has 0 aliphatic heterocycles. The Hall–Kier alpha value is -2.24. The summed E-state index contributed by atoms with van der Waals surface area (Å²) < 4.78 is 10.4. The molecule has 6 heteroatoms. The number of rotatable bonds is 10. The van der Waals surface area contributed by atoms with E-state index in [0.717, 1.165) is 18.4 Å². The van der Waals surface area contributed by atoms with E-state index >= 15 is 0 Å². The van der Waals surface area contributed by atoms with Crippen LogP contribution in [0.5, 0.6) is 11.5 Å². The normalized spacial score (nSPS) is 10.4. The average molecular weight is 336 g/mol. The van der Waals surface area contributed by atoms with Crippen molar-refractivity contribution in [2.75, 3.05) is 27.3 Å². The van der Waals surface area contributed by atoms with E-state index in [1.165, 1.54) is 0 Å². The zero-order chi connectivity index (χ0) is 17.9. The predicted molar refractivity (Wildman–Crippen MR) is 93.3 cm³/mol. The van der Waals surface area contributed by atoms with Crippen molar-refractivity contribution in [3.8, 4) is 11.5 Å². The van der Waals surface area contributed by atoms with Gasteiger partial charge in [0.25, 0.3) is 0 Å². The Balaban J connectivity index is 2.37. The number of amides is 2. The Morgan fingerprint density at radius 3 is 2.29 bits per heavy atom. The van der Waals surface area contributed by atoms with Crippen LogP contribution in [0.1, 0.15) is 32.3 Å². The second-order valence-corrected chi connectivity index (χ2v) is 5.52. The van der Waals surface area contributed by atoms with Crippen LogP contribution in [0, 0.1) is 5.92 Å². The van der Waals surface area contributed by atoms with E-state index in [4.69, 9.17) is 9.47 Å². The van der Waals surface area contributed by atoms with E-state index in [1.807, 2.05) is 32.0 Å². The van der Waals surface area contributed by atoms with Gasteiger partial charge in [-0.05, 0) is 37.0 Å². The number of hydrogen-bond acceptors (Lipinski definition) is 4. The number of carbonyl (C=O) groups excluding carboxylic acids is 2. The summed E-state index contributed by atoms with van der Waals surface area (Å²) in [5, 5.41) is 5.48. The lowest BCUT2D eigenvalue weighted by Crippen LogP contribution is -2.40. The van der Waals surface area contributed by atoms with Crippen molar-refractivity contribution < 1.29 is 19.1 Å². The van der Waals surface area contributed by atoms with Crippen molar-refractivity contribution in [1.82, 2.24) is 10.6 Å². The summed E-state index contributed by atoms with van der Waals surface area (Å²) in [5.41, 5.74) is 1.04. The first-order chi connectivity index (χ1) is 11.5. The van der Waals surface area contributed by atoms with Gasteiger partial charge in [-0.3, -0.25) is 9.59 Å². The Labute approximate surface area is 143 Å². The first-order valence-corrected chi connectivity index (χ1v) is 8.30.